The van der Waals surface area contributed by atoms with Gasteiger partial charge in [0.1, 0.15) is 8.07 Å². The molecular formula is C73H56N2Si. The highest BCUT2D eigenvalue weighted by atomic mass is 28.3. The van der Waals surface area contributed by atoms with Crippen molar-refractivity contribution in [1.29, 1.82) is 0 Å². The number of rotatable bonds is 8. The largest absolute Gasteiger partial charge is 0.309 e. The summed E-state index contributed by atoms with van der Waals surface area (Å²) in [6.07, 6.45) is 0. The summed E-state index contributed by atoms with van der Waals surface area (Å²) in [5.74, 6) is 0. The van der Waals surface area contributed by atoms with Gasteiger partial charge in [-0.1, -0.05) is 230 Å². The lowest BCUT2D eigenvalue weighted by Gasteiger charge is -2.46. The summed E-state index contributed by atoms with van der Waals surface area (Å²) in [5.41, 5.74) is 21.2. The van der Waals surface area contributed by atoms with E-state index in [0.29, 0.717) is 0 Å². The van der Waals surface area contributed by atoms with E-state index in [2.05, 4.69) is 304 Å². The van der Waals surface area contributed by atoms with Crippen molar-refractivity contribution in [3.8, 4) is 33.4 Å². The lowest BCUT2D eigenvalue weighted by molar-refractivity contribution is 0.774. The predicted octanol–water partition coefficient (Wildman–Crippen LogP) is 18.4. The molecule has 0 aromatic heterocycles. The first kappa shape index (κ1) is 45.6. The first-order valence-electron chi connectivity index (χ1n) is 26.7. The third-order valence-corrected chi connectivity index (χ3v) is 20.1. The van der Waals surface area contributed by atoms with Crippen LogP contribution in [0.3, 0.4) is 0 Å². The van der Waals surface area contributed by atoms with Crippen molar-refractivity contribution in [2.24, 2.45) is 0 Å². The van der Waals surface area contributed by atoms with Gasteiger partial charge in [-0.2, -0.15) is 0 Å². The zero-order chi connectivity index (χ0) is 51.1. The van der Waals surface area contributed by atoms with Gasteiger partial charge in [0.15, 0.2) is 0 Å². The number of anilines is 6. The number of benzene rings is 12. The molecule has 14 rings (SSSR count). The number of para-hydroxylation sites is 2. The van der Waals surface area contributed by atoms with Crippen LogP contribution in [0.5, 0.6) is 0 Å². The van der Waals surface area contributed by atoms with E-state index in [4.69, 9.17) is 0 Å². The van der Waals surface area contributed by atoms with Crippen LogP contribution in [0.1, 0.15) is 33.4 Å². The van der Waals surface area contributed by atoms with Gasteiger partial charge in [0.25, 0.3) is 0 Å². The Bertz CT molecular complexity index is 3950. The smallest absolute Gasteiger partial charge is 0.113 e. The van der Waals surface area contributed by atoms with E-state index in [0.717, 1.165) is 34.1 Å². The van der Waals surface area contributed by atoms with Crippen molar-refractivity contribution in [2.45, 2.75) is 32.4 Å². The van der Waals surface area contributed by atoms with Crippen LogP contribution in [0.2, 0.25) is 13.1 Å². The maximum atomic E-state index is 2.61. The fraction of sp³-hybridized carbons (Fsp3) is 0.0685. The summed E-state index contributed by atoms with van der Waals surface area (Å²) in [6, 6.07) is 101. The third kappa shape index (κ3) is 6.85. The number of aryl methyl sites for hydroxylation is 2. The molecule has 0 saturated carbocycles. The Morgan fingerprint density at radius 3 is 1.05 bits per heavy atom. The predicted molar refractivity (Wildman–Crippen MR) is 325 cm³/mol. The molecule has 0 atom stereocenters. The molecule has 12 aromatic carbocycles. The minimum Gasteiger partial charge on any atom is -0.309 e. The molecule has 12 aromatic rings. The normalized spacial score (nSPS) is 13.5. The first-order valence-corrected chi connectivity index (χ1v) is 29.7. The molecule has 362 valence electrons. The standard InChI is InChI=1S/C73H56N2Si/c1-49-41-43-65(59(45-49)51-25-9-5-10-26-51)74(53-29-13-7-14-30-53)67-47-63-71(57-35-19-17-33-55(57)67)72-58-36-20-18-34-56(58)68(48-64(72)73(63)61-37-21-23-39-69(61)76(3,4)70-40-24-22-38-62(70)73)75(54-31-15-8-16-32-54)66-44-42-50(2)46-60(66)52-27-11-6-12-28-52/h5-48H,1-4H3. The van der Waals surface area contributed by atoms with E-state index in [1.54, 1.807) is 0 Å². The Kier molecular flexibility index (Phi) is 10.7. The molecule has 0 fully saturated rings. The molecule has 0 N–H and O–H groups in total. The van der Waals surface area contributed by atoms with Gasteiger partial charge in [0, 0.05) is 33.3 Å². The van der Waals surface area contributed by atoms with Crippen LogP contribution in [-0.2, 0) is 5.41 Å². The number of hydrogen-bond donors (Lipinski definition) is 0. The molecule has 1 aliphatic carbocycles. The lowest BCUT2D eigenvalue weighted by atomic mass is 9.66. The summed E-state index contributed by atoms with van der Waals surface area (Å²) < 4.78 is 0. The fourth-order valence-electron chi connectivity index (χ4n) is 13.3. The number of hydrogen-bond acceptors (Lipinski definition) is 2. The maximum Gasteiger partial charge on any atom is 0.113 e. The Morgan fingerprint density at radius 2 is 0.645 bits per heavy atom. The van der Waals surface area contributed by atoms with Crippen molar-refractivity contribution in [2.75, 3.05) is 9.80 Å². The third-order valence-electron chi connectivity index (χ3n) is 16.6. The van der Waals surface area contributed by atoms with Crippen molar-refractivity contribution < 1.29 is 0 Å². The molecular weight excluding hydrogens is 933 g/mol. The monoisotopic (exact) mass is 988 g/mol. The number of fused-ring (bicyclic) bond motifs is 13. The van der Waals surface area contributed by atoms with Gasteiger partial charge in [0.2, 0.25) is 0 Å². The molecule has 1 heterocycles. The van der Waals surface area contributed by atoms with Gasteiger partial charge in [-0.3, -0.25) is 0 Å². The van der Waals surface area contributed by atoms with Crippen LogP contribution >= 0.6 is 0 Å². The Balaban J connectivity index is 1.17. The average molecular weight is 989 g/mol. The zero-order valence-corrected chi connectivity index (χ0v) is 44.3. The second-order valence-corrected chi connectivity index (χ2v) is 25.6. The lowest BCUT2D eigenvalue weighted by Crippen LogP contribution is -2.63. The van der Waals surface area contributed by atoms with Crippen molar-refractivity contribution in [3.63, 3.8) is 0 Å². The summed E-state index contributed by atoms with van der Waals surface area (Å²) in [4.78, 5) is 5.09. The topological polar surface area (TPSA) is 6.48 Å². The van der Waals surface area contributed by atoms with Crippen LogP contribution in [-0.4, -0.2) is 8.07 Å². The van der Waals surface area contributed by atoms with Gasteiger partial charge in [-0.15, -0.1) is 0 Å². The molecule has 0 amide bonds. The van der Waals surface area contributed by atoms with Crippen molar-refractivity contribution in [3.05, 3.63) is 300 Å². The van der Waals surface area contributed by atoms with E-state index in [-0.39, 0.29) is 0 Å². The fourth-order valence-corrected chi connectivity index (χ4v) is 16.5. The van der Waals surface area contributed by atoms with E-state index >= 15 is 0 Å². The first-order chi connectivity index (χ1) is 37.3. The summed E-state index contributed by atoms with van der Waals surface area (Å²) in [7, 11) is -2.28. The zero-order valence-electron chi connectivity index (χ0n) is 43.3. The molecule has 0 saturated heterocycles. The van der Waals surface area contributed by atoms with Gasteiger partial charge >= 0.3 is 0 Å². The highest BCUT2D eigenvalue weighted by molar-refractivity contribution is 7.01. The average Bonchev–Trinajstić information content (AvgIpc) is 3.93. The summed E-state index contributed by atoms with van der Waals surface area (Å²) in [5, 5.41) is 7.83. The van der Waals surface area contributed by atoms with Crippen LogP contribution in [0, 0.1) is 13.8 Å². The molecule has 0 unspecified atom stereocenters. The van der Waals surface area contributed by atoms with Gasteiger partial charge < -0.3 is 9.80 Å². The van der Waals surface area contributed by atoms with Crippen LogP contribution in [0.4, 0.5) is 34.1 Å². The number of nitrogens with zero attached hydrogens (tertiary/aromatic N) is 2. The van der Waals surface area contributed by atoms with E-state index in [1.165, 1.54) is 98.7 Å². The molecule has 1 spiro atoms. The van der Waals surface area contributed by atoms with E-state index in [1.807, 2.05) is 0 Å². The van der Waals surface area contributed by atoms with Crippen LogP contribution < -0.4 is 20.2 Å². The minimum absolute atomic E-state index is 0.715. The van der Waals surface area contributed by atoms with Crippen LogP contribution in [0.15, 0.2) is 267 Å². The molecule has 3 heteroatoms. The molecule has 76 heavy (non-hydrogen) atoms. The highest BCUT2D eigenvalue weighted by Crippen LogP contribution is 2.63. The summed E-state index contributed by atoms with van der Waals surface area (Å²) in [6.45, 7) is 9.53. The van der Waals surface area contributed by atoms with Gasteiger partial charge in [0.05, 0.1) is 28.2 Å². The van der Waals surface area contributed by atoms with E-state index < -0.39 is 13.5 Å². The van der Waals surface area contributed by atoms with Gasteiger partial charge in [-0.05, 0) is 140 Å². The highest BCUT2D eigenvalue weighted by Gasteiger charge is 2.55. The molecule has 2 nitrogen and oxygen atoms in total. The Labute approximate surface area is 447 Å². The van der Waals surface area contributed by atoms with Crippen LogP contribution in [0.25, 0.3) is 54.9 Å². The second-order valence-electron chi connectivity index (χ2n) is 21.3. The Hall–Kier alpha value is -9.02. The Morgan fingerprint density at radius 1 is 0.303 bits per heavy atom. The van der Waals surface area contributed by atoms with E-state index in [9.17, 15) is 0 Å². The molecule has 0 radical (unpaired) electrons. The second kappa shape index (κ2) is 17.8. The molecule has 0 bridgehead atoms. The maximum absolute atomic E-state index is 2.61. The van der Waals surface area contributed by atoms with Crippen molar-refractivity contribution >= 4 is 74.1 Å². The molecule has 1 aliphatic heterocycles. The molecule has 2 aliphatic rings. The quantitative estimate of drug-likeness (QED) is 0.140. The van der Waals surface area contributed by atoms with Gasteiger partial charge in [-0.25, -0.2) is 0 Å². The van der Waals surface area contributed by atoms with Crippen molar-refractivity contribution in [1.82, 2.24) is 0 Å². The SMILES string of the molecule is Cc1ccc(N(c2ccccc2)c2cc3c(c4ccccc24)-c2c(cc(N(c4ccccc4)c4ccc(C)cc4-c4ccccc4)c4ccccc24)C32c3ccccc3[Si](C)(C)c3ccccc32)c(-c2ccccc2)c1. The minimum atomic E-state index is -2.28. The summed E-state index contributed by atoms with van der Waals surface area (Å²) >= 11 is 0.